The number of fused-ring (bicyclic) bond motifs is 2. The summed E-state index contributed by atoms with van der Waals surface area (Å²) in [6.45, 7) is 11.1. The van der Waals surface area contributed by atoms with Gasteiger partial charge in [0.1, 0.15) is 7.05 Å². The summed E-state index contributed by atoms with van der Waals surface area (Å²) in [7, 11) is 2.11. The van der Waals surface area contributed by atoms with Crippen LogP contribution < -0.4 is 4.57 Å². The van der Waals surface area contributed by atoms with Gasteiger partial charge in [-0.2, -0.15) is 4.57 Å². The molecule has 1 nitrogen and oxygen atoms in total. The van der Waals surface area contributed by atoms with Gasteiger partial charge in [-0.05, 0) is 77.8 Å². The zero-order chi connectivity index (χ0) is 20.2. The minimum atomic E-state index is 0.240. The maximum atomic E-state index is 8.77. The van der Waals surface area contributed by atoms with Gasteiger partial charge in [-0.25, -0.2) is 0 Å². The van der Waals surface area contributed by atoms with Crippen LogP contribution in [0.2, 0.25) is 0 Å². The average Bonchev–Trinajstić information content (AvgIpc) is 3.06. The molecule has 0 atom stereocenters. The fourth-order valence-electron chi connectivity index (χ4n) is 4.58. The van der Waals surface area contributed by atoms with Crippen LogP contribution in [0.15, 0.2) is 36.4 Å². The van der Waals surface area contributed by atoms with Crippen molar-refractivity contribution in [2.24, 2.45) is 12.5 Å². The van der Waals surface area contributed by atoms with Gasteiger partial charge in [0, 0.05) is 13.0 Å². The van der Waals surface area contributed by atoms with Gasteiger partial charge in [0.15, 0.2) is 5.69 Å². The molecule has 1 heteroatoms. The standard InChI is InChI=1S/C26H32N/c1-17-12-20-8-7-9-21(20)15-24(17)25-23-11-10-19(16-26(3,4)5)14-22(23)13-18(2)27(25)6/h10-15H,7-9,16H2,1-6H3/q+1/i13D. The molecule has 0 aliphatic heterocycles. The maximum Gasteiger partial charge on any atom is 0.220 e. The quantitative estimate of drug-likeness (QED) is 0.492. The Morgan fingerprint density at radius 1 is 1.04 bits per heavy atom. The third-order valence-corrected chi connectivity index (χ3v) is 5.92. The van der Waals surface area contributed by atoms with Crippen molar-refractivity contribution in [3.63, 3.8) is 0 Å². The molecule has 1 aliphatic rings. The Morgan fingerprint density at radius 2 is 1.74 bits per heavy atom. The summed E-state index contributed by atoms with van der Waals surface area (Å²) in [6.07, 6.45) is 4.70. The summed E-state index contributed by atoms with van der Waals surface area (Å²) >= 11 is 0. The first-order valence-electron chi connectivity index (χ1n) is 10.7. The monoisotopic (exact) mass is 359 g/mol. The molecule has 0 spiro atoms. The molecule has 0 fully saturated rings. The highest BCUT2D eigenvalue weighted by molar-refractivity contribution is 5.94. The number of aryl methyl sites for hydroxylation is 3. The van der Waals surface area contributed by atoms with Crippen molar-refractivity contribution >= 4 is 10.8 Å². The zero-order valence-electron chi connectivity index (χ0n) is 18.7. The van der Waals surface area contributed by atoms with Crippen molar-refractivity contribution < 1.29 is 5.94 Å². The van der Waals surface area contributed by atoms with E-state index in [1.165, 1.54) is 58.2 Å². The van der Waals surface area contributed by atoms with Gasteiger partial charge in [0.05, 0.1) is 12.3 Å². The van der Waals surface area contributed by atoms with Gasteiger partial charge in [-0.3, -0.25) is 0 Å². The molecule has 1 heterocycles. The van der Waals surface area contributed by atoms with Crippen molar-refractivity contribution in [1.82, 2.24) is 0 Å². The Hall–Kier alpha value is -2.15. The average molecular weight is 360 g/mol. The molecule has 2 aromatic carbocycles. The smallest absolute Gasteiger partial charge is 0.198 e. The van der Waals surface area contributed by atoms with Crippen molar-refractivity contribution in [2.75, 3.05) is 0 Å². The van der Waals surface area contributed by atoms with Crippen molar-refractivity contribution in [2.45, 2.75) is 60.3 Å². The number of pyridine rings is 1. The second-order valence-corrected chi connectivity index (χ2v) is 9.52. The summed E-state index contributed by atoms with van der Waals surface area (Å²) in [6, 6.07) is 12.2. The molecule has 1 aliphatic carbocycles. The number of rotatable bonds is 2. The van der Waals surface area contributed by atoms with Gasteiger partial charge < -0.3 is 0 Å². The number of benzene rings is 2. The highest BCUT2D eigenvalue weighted by Crippen LogP contribution is 2.34. The van der Waals surface area contributed by atoms with Crippen LogP contribution in [-0.4, -0.2) is 0 Å². The van der Waals surface area contributed by atoms with E-state index in [0.29, 0.717) is 6.04 Å². The first kappa shape index (κ1) is 17.0. The van der Waals surface area contributed by atoms with Gasteiger partial charge in [-0.1, -0.05) is 39.0 Å². The lowest BCUT2D eigenvalue weighted by atomic mass is 9.87. The minimum Gasteiger partial charge on any atom is -0.198 e. The Kier molecular flexibility index (Phi) is 4.07. The molecule has 1 aromatic heterocycles. The molecule has 140 valence electrons. The summed E-state index contributed by atoms with van der Waals surface area (Å²) in [5.41, 5.74) is 9.52. The van der Waals surface area contributed by atoms with E-state index in [0.717, 1.165) is 17.5 Å². The summed E-state index contributed by atoms with van der Waals surface area (Å²) in [5.74, 6) is 0. The number of nitrogens with zero attached hydrogens (tertiary/aromatic N) is 1. The predicted octanol–water partition coefficient (Wildman–Crippen LogP) is 6.03. The van der Waals surface area contributed by atoms with Gasteiger partial charge in [-0.15, -0.1) is 0 Å². The van der Waals surface area contributed by atoms with E-state index in [1.807, 2.05) is 0 Å². The lowest BCUT2D eigenvalue weighted by molar-refractivity contribution is -0.665. The molecule has 3 aromatic rings. The van der Waals surface area contributed by atoms with Crippen LogP contribution in [-0.2, 0) is 26.3 Å². The Balaban J connectivity index is 1.99. The van der Waals surface area contributed by atoms with Crippen molar-refractivity contribution in [3.05, 3.63) is 64.3 Å². The highest BCUT2D eigenvalue weighted by atomic mass is 14.9. The zero-order valence-corrected chi connectivity index (χ0v) is 17.7. The topological polar surface area (TPSA) is 3.88 Å². The molecular weight excluding hydrogens is 326 g/mol. The van der Waals surface area contributed by atoms with E-state index in [2.05, 4.69) is 76.6 Å². The van der Waals surface area contributed by atoms with E-state index < -0.39 is 0 Å². The van der Waals surface area contributed by atoms with Crippen LogP contribution in [0.3, 0.4) is 0 Å². The first-order chi connectivity index (χ1) is 13.2. The molecule has 0 unspecified atom stereocenters. The van der Waals surface area contributed by atoms with Crippen molar-refractivity contribution in [3.8, 4) is 11.3 Å². The van der Waals surface area contributed by atoms with Crippen molar-refractivity contribution in [1.29, 1.82) is 0 Å². The summed E-state index contributed by atoms with van der Waals surface area (Å²) in [4.78, 5) is 0. The Labute approximate surface area is 165 Å². The third-order valence-electron chi connectivity index (χ3n) is 5.92. The molecule has 0 saturated carbocycles. The number of hydrogen-bond donors (Lipinski definition) is 0. The van der Waals surface area contributed by atoms with E-state index in [9.17, 15) is 0 Å². The van der Waals surface area contributed by atoms with Gasteiger partial charge in [0.25, 0.3) is 0 Å². The molecule has 0 amide bonds. The second-order valence-electron chi connectivity index (χ2n) is 9.52. The predicted molar refractivity (Wildman–Crippen MR) is 115 cm³/mol. The van der Waals surface area contributed by atoms with E-state index in [4.69, 9.17) is 1.37 Å². The van der Waals surface area contributed by atoms with Crippen LogP contribution in [0.1, 0.15) is 56.5 Å². The third kappa shape index (κ3) is 3.40. The normalized spacial score (nSPS) is 14.5. The van der Waals surface area contributed by atoms with Crippen LogP contribution >= 0.6 is 0 Å². The van der Waals surface area contributed by atoms with Crippen LogP contribution in [0.5, 0.6) is 0 Å². The highest BCUT2D eigenvalue weighted by Gasteiger charge is 2.23. The largest absolute Gasteiger partial charge is 0.220 e. The van der Waals surface area contributed by atoms with Crippen LogP contribution in [0, 0.1) is 19.3 Å². The number of hydrogen-bond acceptors (Lipinski definition) is 0. The molecular formula is C26H32N+. The molecule has 0 N–H and O–H groups in total. The number of aromatic nitrogens is 1. The van der Waals surface area contributed by atoms with E-state index in [-0.39, 0.29) is 5.41 Å². The molecule has 0 bridgehead atoms. The molecule has 4 rings (SSSR count). The SMILES string of the molecule is [2H]c1c(C)[n+](C)c(-c2cc3c(cc2C)CCC3)c2ccc(CC(C)(C)C)cc12. The fraction of sp³-hybridized carbons (Fsp3) is 0.423. The summed E-state index contributed by atoms with van der Waals surface area (Å²) < 4.78 is 11.0. The lowest BCUT2D eigenvalue weighted by Crippen LogP contribution is -2.35. The Bertz CT molecular complexity index is 1090. The fourth-order valence-corrected chi connectivity index (χ4v) is 4.58. The van der Waals surface area contributed by atoms with Crippen LogP contribution in [0.25, 0.3) is 22.0 Å². The van der Waals surface area contributed by atoms with Gasteiger partial charge >= 0.3 is 0 Å². The second kappa shape index (κ2) is 6.48. The Morgan fingerprint density at radius 3 is 2.44 bits per heavy atom. The van der Waals surface area contributed by atoms with E-state index in [1.54, 1.807) is 0 Å². The lowest BCUT2D eigenvalue weighted by Gasteiger charge is -2.19. The van der Waals surface area contributed by atoms with Gasteiger partial charge in [0.2, 0.25) is 5.69 Å². The van der Waals surface area contributed by atoms with Crippen LogP contribution in [0.4, 0.5) is 0 Å². The molecule has 0 radical (unpaired) electrons. The minimum absolute atomic E-state index is 0.240. The first-order valence-corrected chi connectivity index (χ1v) is 10.2. The molecule has 0 saturated heterocycles. The summed E-state index contributed by atoms with van der Waals surface area (Å²) in [5, 5.41) is 2.27. The molecule has 27 heavy (non-hydrogen) atoms. The maximum absolute atomic E-state index is 8.77. The van der Waals surface area contributed by atoms with E-state index >= 15 is 0 Å².